The van der Waals surface area contributed by atoms with E-state index in [0.717, 1.165) is 0 Å². The lowest BCUT2D eigenvalue weighted by Gasteiger charge is -2.38. The number of anilines is 1. The molecule has 2 amide bonds. The number of rotatable bonds is 7. The van der Waals surface area contributed by atoms with Gasteiger partial charge in [-0.25, -0.2) is 0 Å². The normalized spacial score (nSPS) is 13.7. The molecular weight excluding hydrogens is 312 g/mol. The van der Waals surface area contributed by atoms with Crippen molar-refractivity contribution in [2.75, 3.05) is 39.7 Å². The maximum atomic E-state index is 12.2. The first-order chi connectivity index (χ1) is 11.5. The van der Waals surface area contributed by atoms with Crippen molar-refractivity contribution in [3.8, 4) is 17.2 Å². The van der Waals surface area contributed by atoms with E-state index in [-0.39, 0.29) is 17.7 Å². The molecule has 0 aromatic heterocycles. The number of ether oxygens (including phenoxy) is 3. The summed E-state index contributed by atoms with van der Waals surface area (Å²) in [6.07, 6.45) is 1.63. The standard InChI is InChI=1S/C17H22N2O5/c1-5-16(21)19-9-11(10-19)6-15(20)18-12-7-13(22-2)17(24-4)14(8-12)23-3/h5,7-8,11H,1,6,9-10H2,2-4H3,(H,18,20). The van der Waals surface area contributed by atoms with Gasteiger partial charge in [-0.15, -0.1) is 0 Å². The topological polar surface area (TPSA) is 77.1 Å². The second-order valence-electron chi connectivity index (χ2n) is 5.48. The monoisotopic (exact) mass is 334 g/mol. The van der Waals surface area contributed by atoms with Gasteiger partial charge < -0.3 is 24.4 Å². The van der Waals surface area contributed by atoms with Gasteiger partial charge in [-0.3, -0.25) is 9.59 Å². The zero-order valence-electron chi connectivity index (χ0n) is 14.1. The zero-order chi connectivity index (χ0) is 17.7. The molecule has 0 radical (unpaired) electrons. The van der Waals surface area contributed by atoms with Crippen LogP contribution in [0.1, 0.15) is 6.42 Å². The maximum Gasteiger partial charge on any atom is 0.245 e. The van der Waals surface area contributed by atoms with Crippen molar-refractivity contribution in [1.29, 1.82) is 0 Å². The Bertz CT molecular complexity index is 613. The van der Waals surface area contributed by atoms with E-state index in [4.69, 9.17) is 14.2 Å². The number of likely N-dealkylation sites (tertiary alicyclic amines) is 1. The predicted molar refractivity (Wildman–Crippen MR) is 89.6 cm³/mol. The molecule has 0 spiro atoms. The lowest BCUT2D eigenvalue weighted by molar-refractivity contribution is -0.134. The largest absolute Gasteiger partial charge is 0.493 e. The van der Waals surface area contributed by atoms with E-state index < -0.39 is 0 Å². The molecule has 1 aliphatic heterocycles. The lowest BCUT2D eigenvalue weighted by atomic mass is 9.96. The molecule has 0 aliphatic carbocycles. The third-order valence-corrected chi connectivity index (χ3v) is 3.87. The summed E-state index contributed by atoms with van der Waals surface area (Å²) in [5.41, 5.74) is 0.563. The highest BCUT2D eigenvalue weighted by atomic mass is 16.5. The summed E-state index contributed by atoms with van der Waals surface area (Å²) >= 11 is 0. The molecule has 1 aromatic rings. The van der Waals surface area contributed by atoms with Crippen LogP contribution >= 0.6 is 0 Å². The number of carbonyl (C=O) groups excluding carboxylic acids is 2. The van der Waals surface area contributed by atoms with E-state index in [0.29, 0.717) is 42.4 Å². The summed E-state index contributed by atoms with van der Waals surface area (Å²) < 4.78 is 15.8. The van der Waals surface area contributed by atoms with Crippen molar-refractivity contribution in [2.45, 2.75) is 6.42 Å². The van der Waals surface area contributed by atoms with Gasteiger partial charge in [-0.05, 0) is 6.08 Å². The van der Waals surface area contributed by atoms with Crippen molar-refractivity contribution in [1.82, 2.24) is 4.90 Å². The Labute approximate surface area is 141 Å². The summed E-state index contributed by atoms with van der Waals surface area (Å²) in [6, 6.07) is 3.35. The van der Waals surface area contributed by atoms with Crippen LogP contribution in [0.4, 0.5) is 5.69 Å². The van der Waals surface area contributed by atoms with E-state index in [1.165, 1.54) is 27.4 Å². The van der Waals surface area contributed by atoms with Crippen molar-refractivity contribution in [2.24, 2.45) is 5.92 Å². The summed E-state index contributed by atoms with van der Waals surface area (Å²) in [4.78, 5) is 25.2. The highest BCUT2D eigenvalue weighted by Gasteiger charge is 2.30. The minimum Gasteiger partial charge on any atom is -0.493 e. The second kappa shape index (κ2) is 7.72. The molecule has 2 rings (SSSR count). The molecule has 0 bridgehead atoms. The molecule has 1 fully saturated rings. The molecule has 24 heavy (non-hydrogen) atoms. The number of amides is 2. The average Bonchev–Trinajstić information content (AvgIpc) is 2.55. The molecule has 1 N–H and O–H groups in total. The minimum absolute atomic E-state index is 0.101. The molecule has 7 nitrogen and oxygen atoms in total. The molecule has 0 saturated carbocycles. The van der Waals surface area contributed by atoms with E-state index in [2.05, 4.69) is 11.9 Å². The number of benzene rings is 1. The van der Waals surface area contributed by atoms with Crippen LogP contribution < -0.4 is 19.5 Å². The number of carbonyl (C=O) groups is 2. The van der Waals surface area contributed by atoms with Crippen LogP contribution in [-0.4, -0.2) is 51.1 Å². The third kappa shape index (κ3) is 3.79. The molecule has 0 unspecified atom stereocenters. The minimum atomic E-state index is -0.125. The Kier molecular flexibility index (Phi) is 5.68. The first-order valence-corrected chi connectivity index (χ1v) is 7.53. The predicted octanol–water partition coefficient (Wildman–Crippen LogP) is 1.69. The zero-order valence-corrected chi connectivity index (χ0v) is 14.1. The summed E-state index contributed by atoms with van der Waals surface area (Å²) in [5.74, 6) is 1.35. The third-order valence-electron chi connectivity index (χ3n) is 3.87. The van der Waals surface area contributed by atoms with Crippen molar-refractivity contribution in [3.05, 3.63) is 24.8 Å². The van der Waals surface area contributed by atoms with E-state index in [1.54, 1.807) is 17.0 Å². The second-order valence-corrected chi connectivity index (χ2v) is 5.48. The van der Waals surface area contributed by atoms with Gasteiger partial charge in [0.1, 0.15) is 0 Å². The quantitative estimate of drug-likeness (QED) is 0.768. The lowest BCUT2D eigenvalue weighted by Crippen LogP contribution is -2.50. The summed E-state index contributed by atoms with van der Waals surface area (Å²) in [7, 11) is 4.55. The molecule has 7 heteroatoms. The fraction of sp³-hybridized carbons (Fsp3) is 0.412. The highest BCUT2D eigenvalue weighted by molar-refractivity contribution is 5.92. The van der Waals surface area contributed by atoms with E-state index in [1.807, 2.05) is 0 Å². The Hall–Kier alpha value is -2.70. The molecule has 0 atom stereocenters. The van der Waals surface area contributed by atoms with Crippen LogP contribution in [0.3, 0.4) is 0 Å². The fourth-order valence-corrected chi connectivity index (χ4v) is 2.64. The maximum absolute atomic E-state index is 12.2. The van der Waals surface area contributed by atoms with Gasteiger partial charge in [0.15, 0.2) is 11.5 Å². The first-order valence-electron chi connectivity index (χ1n) is 7.53. The molecule has 130 valence electrons. The molecule has 1 saturated heterocycles. The van der Waals surface area contributed by atoms with E-state index in [9.17, 15) is 9.59 Å². The van der Waals surface area contributed by atoms with Crippen LogP contribution in [0.2, 0.25) is 0 Å². The Balaban J connectivity index is 1.97. The average molecular weight is 334 g/mol. The molecular formula is C17H22N2O5. The van der Waals surface area contributed by atoms with Crippen LogP contribution in [-0.2, 0) is 9.59 Å². The number of hydrogen-bond donors (Lipinski definition) is 1. The van der Waals surface area contributed by atoms with Gasteiger partial charge >= 0.3 is 0 Å². The van der Waals surface area contributed by atoms with Gasteiger partial charge in [-0.2, -0.15) is 0 Å². The molecule has 1 heterocycles. The molecule has 1 aromatic carbocycles. The summed E-state index contributed by atoms with van der Waals surface area (Å²) in [6.45, 7) is 4.60. The first kappa shape index (κ1) is 17.7. The Morgan fingerprint density at radius 1 is 1.21 bits per heavy atom. The van der Waals surface area contributed by atoms with Crippen LogP contribution in [0, 0.1) is 5.92 Å². The highest BCUT2D eigenvalue weighted by Crippen LogP contribution is 2.40. The van der Waals surface area contributed by atoms with Crippen molar-refractivity contribution < 1.29 is 23.8 Å². The van der Waals surface area contributed by atoms with Crippen molar-refractivity contribution in [3.63, 3.8) is 0 Å². The van der Waals surface area contributed by atoms with Crippen LogP contribution in [0.15, 0.2) is 24.8 Å². The molecule has 1 aliphatic rings. The van der Waals surface area contributed by atoms with Gasteiger partial charge in [-0.1, -0.05) is 6.58 Å². The van der Waals surface area contributed by atoms with Crippen LogP contribution in [0.5, 0.6) is 17.2 Å². The van der Waals surface area contributed by atoms with Crippen molar-refractivity contribution >= 4 is 17.5 Å². The number of nitrogens with zero attached hydrogens (tertiary/aromatic N) is 1. The Morgan fingerprint density at radius 3 is 2.25 bits per heavy atom. The van der Waals surface area contributed by atoms with Gasteiger partial charge in [0, 0.05) is 43.2 Å². The van der Waals surface area contributed by atoms with Gasteiger partial charge in [0.25, 0.3) is 0 Å². The van der Waals surface area contributed by atoms with Gasteiger partial charge in [0.2, 0.25) is 17.6 Å². The fourth-order valence-electron chi connectivity index (χ4n) is 2.64. The number of hydrogen-bond acceptors (Lipinski definition) is 5. The SMILES string of the molecule is C=CC(=O)N1CC(CC(=O)Nc2cc(OC)c(OC)c(OC)c2)C1. The number of nitrogens with one attached hydrogen (secondary N) is 1. The van der Waals surface area contributed by atoms with Crippen LogP contribution in [0.25, 0.3) is 0 Å². The smallest absolute Gasteiger partial charge is 0.245 e. The summed E-state index contributed by atoms with van der Waals surface area (Å²) in [5, 5.41) is 2.82. The Morgan fingerprint density at radius 2 is 1.79 bits per heavy atom. The van der Waals surface area contributed by atoms with E-state index >= 15 is 0 Å². The van der Waals surface area contributed by atoms with Gasteiger partial charge in [0.05, 0.1) is 21.3 Å². The number of methoxy groups -OCH3 is 3.